The van der Waals surface area contributed by atoms with Crippen molar-refractivity contribution in [2.24, 2.45) is 5.41 Å². The van der Waals surface area contributed by atoms with E-state index in [0.717, 1.165) is 18.5 Å². The van der Waals surface area contributed by atoms with Crippen LogP contribution in [0.1, 0.15) is 28.3 Å². The van der Waals surface area contributed by atoms with Gasteiger partial charge in [-0.3, -0.25) is 9.59 Å². The second-order valence-corrected chi connectivity index (χ2v) is 6.91. The summed E-state index contributed by atoms with van der Waals surface area (Å²) < 4.78 is 0. The number of carbonyl (C=O) groups excluding carboxylic acids is 2. The van der Waals surface area contributed by atoms with Crippen molar-refractivity contribution in [1.29, 1.82) is 0 Å². The van der Waals surface area contributed by atoms with Gasteiger partial charge in [-0.25, -0.2) is 0 Å². The van der Waals surface area contributed by atoms with Crippen LogP contribution in [-0.2, 0) is 4.79 Å². The van der Waals surface area contributed by atoms with Gasteiger partial charge >= 0.3 is 0 Å². The third kappa shape index (κ3) is 2.49. The Morgan fingerprint density at radius 2 is 2.00 bits per heavy atom. The molecule has 4 rings (SSSR count). The molecule has 128 valence electrons. The van der Waals surface area contributed by atoms with E-state index in [1.807, 2.05) is 25.2 Å². The van der Waals surface area contributed by atoms with Crippen LogP contribution in [0.4, 0.5) is 0 Å². The van der Waals surface area contributed by atoms with Crippen molar-refractivity contribution < 1.29 is 9.59 Å². The average Bonchev–Trinajstić information content (AvgIpc) is 3.19. The van der Waals surface area contributed by atoms with Gasteiger partial charge in [0.25, 0.3) is 5.91 Å². The standard InChI is InChI=1S/C19H20N4O2/c1-22-10-8-19(18(22)25)13-23(17(24)15-7-9-20-21-11-15)12-16(19)14-5-3-2-4-6-14/h2-7,9,11,16H,8,10,12-13H2,1H3/t16-,19+/m0/s1. The predicted octanol–water partition coefficient (Wildman–Crippen LogP) is 1.56. The van der Waals surface area contributed by atoms with E-state index in [0.29, 0.717) is 18.7 Å². The molecule has 2 aliphatic rings. The lowest BCUT2D eigenvalue weighted by Crippen LogP contribution is -2.39. The van der Waals surface area contributed by atoms with Gasteiger partial charge in [-0.15, -0.1) is 0 Å². The van der Waals surface area contributed by atoms with Crippen molar-refractivity contribution in [3.63, 3.8) is 0 Å². The summed E-state index contributed by atoms with van der Waals surface area (Å²) in [5.41, 5.74) is 1.11. The zero-order chi connectivity index (χ0) is 17.4. The van der Waals surface area contributed by atoms with Crippen LogP contribution in [0.25, 0.3) is 0 Å². The molecule has 25 heavy (non-hydrogen) atoms. The number of benzene rings is 1. The molecule has 2 aromatic rings. The number of likely N-dealkylation sites (tertiary alicyclic amines) is 2. The van der Waals surface area contributed by atoms with Crippen molar-refractivity contribution in [2.45, 2.75) is 12.3 Å². The zero-order valence-electron chi connectivity index (χ0n) is 14.1. The van der Waals surface area contributed by atoms with E-state index in [1.54, 1.807) is 15.9 Å². The molecule has 2 aliphatic heterocycles. The van der Waals surface area contributed by atoms with Crippen LogP contribution in [0.5, 0.6) is 0 Å². The van der Waals surface area contributed by atoms with Gasteiger partial charge in [0.05, 0.1) is 23.4 Å². The minimum absolute atomic E-state index is 0.0184. The molecule has 0 unspecified atom stereocenters. The third-order valence-electron chi connectivity index (χ3n) is 5.53. The number of rotatable bonds is 2. The number of nitrogens with zero attached hydrogens (tertiary/aromatic N) is 4. The molecule has 0 radical (unpaired) electrons. The Balaban J connectivity index is 1.70. The monoisotopic (exact) mass is 336 g/mol. The van der Waals surface area contributed by atoms with E-state index in [4.69, 9.17) is 0 Å². The first-order valence-electron chi connectivity index (χ1n) is 8.48. The normalized spacial score (nSPS) is 25.8. The van der Waals surface area contributed by atoms with Gasteiger partial charge in [0, 0.05) is 32.6 Å². The molecule has 2 fully saturated rings. The molecule has 1 spiro atoms. The van der Waals surface area contributed by atoms with Crippen molar-refractivity contribution in [1.82, 2.24) is 20.0 Å². The van der Waals surface area contributed by atoms with Crippen LogP contribution >= 0.6 is 0 Å². The summed E-state index contributed by atoms with van der Waals surface area (Å²) in [6.07, 6.45) is 3.77. The molecule has 2 saturated heterocycles. The molecule has 0 saturated carbocycles. The highest BCUT2D eigenvalue weighted by Gasteiger charge is 2.57. The van der Waals surface area contributed by atoms with E-state index in [-0.39, 0.29) is 17.7 Å². The van der Waals surface area contributed by atoms with Gasteiger partial charge in [-0.05, 0) is 18.1 Å². The van der Waals surface area contributed by atoms with Gasteiger partial charge in [0.15, 0.2) is 0 Å². The molecule has 2 atom stereocenters. The van der Waals surface area contributed by atoms with Crippen molar-refractivity contribution in [3.8, 4) is 0 Å². The Hall–Kier alpha value is -2.76. The van der Waals surface area contributed by atoms with E-state index >= 15 is 0 Å². The Kier molecular flexibility index (Phi) is 3.75. The van der Waals surface area contributed by atoms with Gasteiger partial charge in [0.1, 0.15) is 0 Å². The summed E-state index contributed by atoms with van der Waals surface area (Å²) in [4.78, 5) is 29.5. The first-order chi connectivity index (χ1) is 12.1. The minimum Gasteiger partial charge on any atom is -0.345 e. The predicted molar refractivity (Wildman–Crippen MR) is 91.8 cm³/mol. The highest BCUT2D eigenvalue weighted by Crippen LogP contribution is 2.49. The molecular formula is C19H20N4O2. The summed E-state index contributed by atoms with van der Waals surface area (Å²) in [5, 5.41) is 7.53. The highest BCUT2D eigenvalue weighted by atomic mass is 16.2. The Bertz CT molecular complexity index is 796. The fraction of sp³-hybridized carbons (Fsp3) is 0.368. The molecule has 2 amide bonds. The summed E-state index contributed by atoms with van der Waals surface area (Å²) in [7, 11) is 1.84. The topological polar surface area (TPSA) is 66.4 Å². The zero-order valence-corrected chi connectivity index (χ0v) is 14.1. The maximum Gasteiger partial charge on any atom is 0.255 e. The molecule has 1 aromatic heterocycles. The first kappa shape index (κ1) is 15.7. The maximum absolute atomic E-state index is 13.0. The quantitative estimate of drug-likeness (QED) is 0.835. The van der Waals surface area contributed by atoms with Gasteiger partial charge in [0.2, 0.25) is 5.91 Å². The maximum atomic E-state index is 13.0. The van der Waals surface area contributed by atoms with E-state index < -0.39 is 5.41 Å². The molecule has 0 aliphatic carbocycles. The molecular weight excluding hydrogens is 316 g/mol. The molecule has 6 heteroatoms. The smallest absolute Gasteiger partial charge is 0.255 e. The SMILES string of the molecule is CN1CC[C@]2(CN(C(=O)c3ccnnc3)C[C@H]2c2ccccc2)C1=O. The van der Waals surface area contributed by atoms with E-state index in [1.165, 1.54) is 12.4 Å². The molecule has 0 bridgehead atoms. The van der Waals surface area contributed by atoms with Crippen LogP contribution in [0, 0.1) is 5.41 Å². The summed E-state index contributed by atoms with van der Waals surface area (Å²) in [6, 6.07) is 11.7. The van der Waals surface area contributed by atoms with Crippen molar-refractivity contribution in [3.05, 3.63) is 59.9 Å². The second kappa shape index (κ2) is 5.95. The summed E-state index contributed by atoms with van der Waals surface area (Å²) in [5.74, 6) is 0.0736. The molecule has 3 heterocycles. The van der Waals surface area contributed by atoms with Crippen LogP contribution < -0.4 is 0 Å². The number of hydrogen-bond donors (Lipinski definition) is 0. The Morgan fingerprint density at radius 1 is 1.20 bits per heavy atom. The molecule has 0 N–H and O–H groups in total. The Labute approximate surface area is 146 Å². The van der Waals surface area contributed by atoms with Gasteiger partial charge in [-0.1, -0.05) is 30.3 Å². The number of hydrogen-bond acceptors (Lipinski definition) is 4. The van der Waals surface area contributed by atoms with Crippen LogP contribution in [0.3, 0.4) is 0 Å². The molecule has 1 aromatic carbocycles. The lowest BCUT2D eigenvalue weighted by Gasteiger charge is -2.28. The van der Waals surface area contributed by atoms with Crippen molar-refractivity contribution >= 4 is 11.8 Å². The van der Waals surface area contributed by atoms with Gasteiger partial charge < -0.3 is 9.80 Å². The number of carbonyl (C=O) groups is 2. The van der Waals surface area contributed by atoms with E-state index in [9.17, 15) is 9.59 Å². The largest absolute Gasteiger partial charge is 0.345 e. The second-order valence-electron chi connectivity index (χ2n) is 6.91. The highest BCUT2D eigenvalue weighted by molar-refractivity contribution is 5.95. The fourth-order valence-corrected chi connectivity index (χ4v) is 4.20. The molecule has 6 nitrogen and oxygen atoms in total. The number of aromatic nitrogens is 2. The lowest BCUT2D eigenvalue weighted by atomic mass is 9.73. The van der Waals surface area contributed by atoms with Crippen LogP contribution in [0.2, 0.25) is 0 Å². The lowest BCUT2D eigenvalue weighted by molar-refractivity contribution is -0.134. The summed E-state index contributed by atoms with van der Waals surface area (Å²) in [6.45, 7) is 1.74. The first-order valence-corrected chi connectivity index (χ1v) is 8.48. The number of amides is 2. The Morgan fingerprint density at radius 3 is 2.64 bits per heavy atom. The van der Waals surface area contributed by atoms with Crippen LogP contribution in [0.15, 0.2) is 48.8 Å². The summed E-state index contributed by atoms with van der Waals surface area (Å²) >= 11 is 0. The minimum atomic E-state index is -0.522. The van der Waals surface area contributed by atoms with E-state index in [2.05, 4.69) is 22.3 Å². The van der Waals surface area contributed by atoms with Crippen molar-refractivity contribution in [2.75, 3.05) is 26.7 Å². The average molecular weight is 336 g/mol. The van der Waals surface area contributed by atoms with Gasteiger partial charge in [-0.2, -0.15) is 10.2 Å². The fourth-order valence-electron chi connectivity index (χ4n) is 4.20. The van der Waals surface area contributed by atoms with Crippen LogP contribution in [-0.4, -0.2) is 58.5 Å². The third-order valence-corrected chi connectivity index (χ3v) is 5.53.